The molecule has 1 atom stereocenters. The molecule has 5 nitrogen and oxygen atoms in total. The summed E-state index contributed by atoms with van der Waals surface area (Å²) in [6.45, 7) is 9.29. The molecule has 3 rings (SSSR count). The Kier molecular flexibility index (Phi) is 5.16. The van der Waals surface area contributed by atoms with Crippen LogP contribution in [0.15, 0.2) is 18.3 Å². The van der Waals surface area contributed by atoms with Crippen LogP contribution < -0.4 is 4.90 Å². The average Bonchev–Trinajstić information content (AvgIpc) is 3.03. The zero-order chi connectivity index (χ0) is 16.2. The lowest BCUT2D eigenvalue weighted by molar-refractivity contribution is 0.0299. The average molecular weight is 317 g/mol. The van der Waals surface area contributed by atoms with Crippen LogP contribution in [0.5, 0.6) is 0 Å². The zero-order valence-corrected chi connectivity index (χ0v) is 14.2. The van der Waals surface area contributed by atoms with E-state index in [0.29, 0.717) is 32.0 Å². The van der Waals surface area contributed by atoms with Crippen molar-refractivity contribution in [2.24, 2.45) is 11.8 Å². The van der Waals surface area contributed by atoms with Gasteiger partial charge in [-0.3, -0.25) is 9.78 Å². The molecule has 0 radical (unpaired) electrons. The molecule has 5 heteroatoms. The number of hydrogen-bond acceptors (Lipinski definition) is 4. The van der Waals surface area contributed by atoms with Gasteiger partial charge in [0.15, 0.2) is 0 Å². The van der Waals surface area contributed by atoms with E-state index < -0.39 is 0 Å². The van der Waals surface area contributed by atoms with Crippen LogP contribution in [0.25, 0.3) is 0 Å². The fourth-order valence-corrected chi connectivity index (χ4v) is 3.59. The molecule has 3 heterocycles. The van der Waals surface area contributed by atoms with E-state index in [1.54, 1.807) is 6.20 Å². The van der Waals surface area contributed by atoms with E-state index in [1.807, 2.05) is 17.0 Å². The summed E-state index contributed by atoms with van der Waals surface area (Å²) in [6, 6.07) is 3.98. The fraction of sp³-hybridized carbons (Fsp3) is 0.667. The summed E-state index contributed by atoms with van der Waals surface area (Å²) >= 11 is 0. The van der Waals surface area contributed by atoms with Crippen molar-refractivity contribution in [3.8, 4) is 0 Å². The van der Waals surface area contributed by atoms with Crippen LogP contribution in [0, 0.1) is 11.8 Å². The van der Waals surface area contributed by atoms with Gasteiger partial charge in [-0.2, -0.15) is 0 Å². The molecule has 0 N–H and O–H groups in total. The first kappa shape index (κ1) is 16.2. The van der Waals surface area contributed by atoms with Gasteiger partial charge >= 0.3 is 0 Å². The highest BCUT2D eigenvalue weighted by Crippen LogP contribution is 2.28. The van der Waals surface area contributed by atoms with E-state index in [2.05, 4.69) is 23.7 Å². The van der Waals surface area contributed by atoms with Gasteiger partial charge < -0.3 is 14.5 Å². The summed E-state index contributed by atoms with van der Waals surface area (Å²) in [7, 11) is 0. The highest BCUT2D eigenvalue weighted by Gasteiger charge is 2.25. The third kappa shape index (κ3) is 4.02. The molecular formula is C18H27N3O2. The fourth-order valence-electron chi connectivity index (χ4n) is 3.59. The smallest absolute Gasteiger partial charge is 0.272 e. The number of ether oxygens (including phenoxy) is 1. The van der Waals surface area contributed by atoms with Crippen molar-refractivity contribution in [2.45, 2.75) is 26.7 Å². The van der Waals surface area contributed by atoms with Gasteiger partial charge in [0.1, 0.15) is 5.69 Å². The number of hydrogen-bond donors (Lipinski definition) is 0. The van der Waals surface area contributed by atoms with Gasteiger partial charge in [0.05, 0.1) is 13.2 Å². The summed E-state index contributed by atoms with van der Waals surface area (Å²) in [5, 5.41) is 0. The lowest BCUT2D eigenvalue weighted by Crippen LogP contribution is -2.41. The molecule has 0 aliphatic carbocycles. The summed E-state index contributed by atoms with van der Waals surface area (Å²) < 4.78 is 5.31. The molecule has 1 amide bonds. The second kappa shape index (κ2) is 7.30. The van der Waals surface area contributed by atoms with Crippen LogP contribution in [-0.4, -0.2) is 55.2 Å². The third-order valence-corrected chi connectivity index (χ3v) is 4.72. The molecule has 2 aliphatic rings. The van der Waals surface area contributed by atoms with Crippen molar-refractivity contribution < 1.29 is 9.53 Å². The summed E-state index contributed by atoms with van der Waals surface area (Å²) in [4.78, 5) is 21.1. The van der Waals surface area contributed by atoms with Crippen molar-refractivity contribution in [3.05, 3.63) is 24.0 Å². The van der Waals surface area contributed by atoms with Gasteiger partial charge in [0.25, 0.3) is 5.91 Å². The maximum atomic E-state index is 12.6. The first-order chi connectivity index (χ1) is 11.1. The molecule has 1 aromatic heterocycles. The lowest BCUT2D eigenvalue weighted by Gasteiger charge is -2.27. The van der Waals surface area contributed by atoms with Crippen molar-refractivity contribution in [1.29, 1.82) is 0 Å². The lowest BCUT2D eigenvalue weighted by atomic mass is 9.97. The van der Waals surface area contributed by atoms with Crippen LogP contribution in [0.4, 0.5) is 5.69 Å². The first-order valence-electron chi connectivity index (χ1n) is 8.71. The maximum Gasteiger partial charge on any atom is 0.272 e. The number of anilines is 1. The minimum atomic E-state index is 0.0214. The molecule has 1 aromatic rings. The Morgan fingerprint density at radius 1 is 1.35 bits per heavy atom. The molecular weight excluding hydrogens is 290 g/mol. The van der Waals surface area contributed by atoms with E-state index in [9.17, 15) is 4.79 Å². The number of carbonyl (C=O) groups excluding carboxylic acids is 1. The van der Waals surface area contributed by atoms with E-state index in [-0.39, 0.29) is 5.91 Å². The number of amides is 1. The summed E-state index contributed by atoms with van der Waals surface area (Å²) in [6.07, 6.45) is 4.28. The predicted octanol–water partition coefficient (Wildman–Crippen LogP) is 2.43. The van der Waals surface area contributed by atoms with Gasteiger partial charge in [0.2, 0.25) is 0 Å². The number of carbonyl (C=O) groups is 1. The van der Waals surface area contributed by atoms with Crippen molar-refractivity contribution in [2.75, 3.05) is 44.3 Å². The Bertz CT molecular complexity index is 541. The number of pyridine rings is 1. The van der Waals surface area contributed by atoms with E-state index in [0.717, 1.165) is 30.6 Å². The van der Waals surface area contributed by atoms with Crippen LogP contribution in [0.1, 0.15) is 37.2 Å². The van der Waals surface area contributed by atoms with Crippen molar-refractivity contribution in [3.63, 3.8) is 0 Å². The van der Waals surface area contributed by atoms with Crippen LogP contribution in [0.2, 0.25) is 0 Å². The predicted molar refractivity (Wildman–Crippen MR) is 90.7 cm³/mol. The highest BCUT2D eigenvalue weighted by molar-refractivity contribution is 5.93. The zero-order valence-electron chi connectivity index (χ0n) is 14.2. The summed E-state index contributed by atoms with van der Waals surface area (Å²) in [5.41, 5.74) is 1.68. The molecule has 0 bridgehead atoms. The second-order valence-electron chi connectivity index (χ2n) is 7.03. The highest BCUT2D eigenvalue weighted by atomic mass is 16.5. The minimum absolute atomic E-state index is 0.0214. The molecule has 2 saturated heterocycles. The van der Waals surface area contributed by atoms with E-state index in [4.69, 9.17) is 4.74 Å². The topological polar surface area (TPSA) is 45.7 Å². The van der Waals surface area contributed by atoms with E-state index in [1.165, 1.54) is 12.8 Å². The molecule has 0 unspecified atom stereocenters. The number of morpholine rings is 1. The van der Waals surface area contributed by atoms with Crippen molar-refractivity contribution >= 4 is 11.6 Å². The minimum Gasteiger partial charge on any atom is -0.378 e. The molecule has 23 heavy (non-hydrogen) atoms. The maximum absolute atomic E-state index is 12.6. The standard InChI is InChI=1S/C18H27N3O2/c1-14(2)11-15-4-6-21(13-15)16-3-5-19-17(12-16)18(22)20-7-9-23-10-8-20/h3,5,12,14-15H,4,6-11,13H2,1-2H3/t15-/m0/s1. The van der Waals surface area contributed by atoms with Gasteiger partial charge in [-0.15, -0.1) is 0 Å². The monoisotopic (exact) mass is 317 g/mol. The quantitative estimate of drug-likeness (QED) is 0.855. The Hall–Kier alpha value is -1.62. The SMILES string of the molecule is CC(C)C[C@@H]1CCN(c2ccnc(C(=O)N3CCOCC3)c2)C1. The Labute approximate surface area is 138 Å². The Morgan fingerprint density at radius 3 is 2.87 bits per heavy atom. The summed E-state index contributed by atoms with van der Waals surface area (Å²) in [5.74, 6) is 1.53. The van der Waals surface area contributed by atoms with Gasteiger partial charge in [0, 0.05) is 38.1 Å². The van der Waals surface area contributed by atoms with Crippen LogP contribution in [0.3, 0.4) is 0 Å². The normalized spacial score (nSPS) is 22.0. The van der Waals surface area contributed by atoms with Gasteiger partial charge in [-0.1, -0.05) is 13.8 Å². The largest absolute Gasteiger partial charge is 0.378 e. The molecule has 126 valence electrons. The molecule has 0 spiro atoms. The van der Waals surface area contributed by atoms with Gasteiger partial charge in [-0.05, 0) is 36.8 Å². The first-order valence-corrected chi connectivity index (χ1v) is 8.71. The Morgan fingerprint density at radius 2 is 2.13 bits per heavy atom. The molecule has 0 saturated carbocycles. The van der Waals surface area contributed by atoms with E-state index >= 15 is 0 Å². The molecule has 2 aliphatic heterocycles. The molecule has 0 aromatic carbocycles. The van der Waals surface area contributed by atoms with Crippen molar-refractivity contribution in [1.82, 2.24) is 9.88 Å². The number of aromatic nitrogens is 1. The Balaban J connectivity index is 1.67. The number of nitrogens with zero attached hydrogens (tertiary/aromatic N) is 3. The second-order valence-corrected chi connectivity index (χ2v) is 7.03. The van der Waals surface area contributed by atoms with Gasteiger partial charge in [-0.25, -0.2) is 0 Å². The number of rotatable bonds is 4. The van der Waals surface area contributed by atoms with Crippen LogP contribution in [-0.2, 0) is 4.74 Å². The third-order valence-electron chi connectivity index (χ3n) is 4.72. The molecule has 2 fully saturated rings. The van der Waals surface area contributed by atoms with Crippen LogP contribution >= 0.6 is 0 Å².